The molecule has 4 aromatic rings. The molecule has 24 heavy (non-hydrogen) atoms. The molecular formula is C16H10Cl2N4S2. The predicted molar refractivity (Wildman–Crippen MR) is 103 cm³/mol. The van der Waals surface area contributed by atoms with Crippen molar-refractivity contribution in [1.29, 1.82) is 0 Å². The Kier molecular flexibility index (Phi) is 3.85. The molecule has 0 spiro atoms. The second kappa shape index (κ2) is 5.89. The van der Waals surface area contributed by atoms with Crippen molar-refractivity contribution in [2.24, 2.45) is 0 Å². The van der Waals surface area contributed by atoms with Gasteiger partial charge in [0.25, 0.3) is 0 Å². The van der Waals surface area contributed by atoms with Crippen molar-refractivity contribution in [3.63, 3.8) is 0 Å². The molecule has 0 aliphatic heterocycles. The van der Waals surface area contributed by atoms with Crippen LogP contribution in [0.1, 0.15) is 0 Å². The summed E-state index contributed by atoms with van der Waals surface area (Å²) < 4.78 is 4.67. The number of H-pyrrole nitrogens is 2. The van der Waals surface area contributed by atoms with Crippen LogP contribution in [0, 0.1) is 9.28 Å². The van der Waals surface area contributed by atoms with Crippen molar-refractivity contribution in [3.05, 3.63) is 67.9 Å². The first-order valence-electron chi connectivity index (χ1n) is 7.03. The molecule has 2 aromatic heterocycles. The van der Waals surface area contributed by atoms with Crippen LogP contribution in [0.3, 0.4) is 0 Å². The lowest BCUT2D eigenvalue weighted by molar-refractivity contribution is 0.871. The number of hydrogen-bond acceptors (Lipinski definition) is 2. The van der Waals surface area contributed by atoms with Crippen LogP contribution < -0.4 is 0 Å². The van der Waals surface area contributed by atoms with E-state index in [-0.39, 0.29) is 0 Å². The zero-order valence-electron chi connectivity index (χ0n) is 12.1. The van der Waals surface area contributed by atoms with Gasteiger partial charge in [-0.25, -0.2) is 9.36 Å². The van der Waals surface area contributed by atoms with E-state index in [0.717, 1.165) is 22.4 Å². The minimum atomic E-state index is 0.539. The summed E-state index contributed by atoms with van der Waals surface area (Å²) in [4.78, 5) is 0. The fourth-order valence-electron chi connectivity index (χ4n) is 2.68. The van der Waals surface area contributed by atoms with Crippen molar-refractivity contribution >= 4 is 58.7 Å². The summed E-state index contributed by atoms with van der Waals surface area (Å²) in [6.07, 6.45) is 0. The second-order valence-corrected chi connectivity index (χ2v) is 6.78. The Hall–Kier alpha value is -1.86. The second-order valence-electron chi connectivity index (χ2n) is 5.15. The van der Waals surface area contributed by atoms with Gasteiger partial charge >= 0.3 is 0 Å². The van der Waals surface area contributed by atoms with Crippen LogP contribution in [-0.4, -0.2) is 19.6 Å². The van der Waals surface area contributed by atoms with Crippen molar-refractivity contribution in [3.8, 4) is 11.4 Å². The molecular weight excluding hydrogens is 383 g/mol. The highest BCUT2D eigenvalue weighted by Gasteiger charge is 2.17. The normalized spacial score (nSPS) is 11.2. The summed E-state index contributed by atoms with van der Waals surface area (Å²) in [6, 6.07) is 15.0. The first-order valence-corrected chi connectivity index (χ1v) is 8.60. The van der Waals surface area contributed by atoms with Gasteiger partial charge in [-0.2, -0.15) is 0 Å². The number of halogens is 2. The van der Waals surface area contributed by atoms with E-state index in [9.17, 15) is 0 Å². The number of para-hydroxylation sites is 2. The Bertz CT molecular complexity index is 1090. The Balaban J connectivity index is 2.10. The van der Waals surface area contributed by atoms with Gasteiger partial charge in [-0.3, -0.25) is 10.2 Å². The smallest absolute Gasteiger partial charge is 0.146 e. The standard InChI is InChI=1S/C16H10Cl2N4S2/c17-9-5-1-3-7-11(9)21-13-14(16(24)19-21)22(20-15(13)23)12-8-4-2-6-10(12)18/h1-8H,(H,19,24)(H,20,23). The highest BCUT2D eigenvalue weighted by atomic mass is 35.5. The molecule has 0 aliphatic carbocycles. The topological polar surface area (TPSA) is 41.4 Å². The maximum absolute atomic E-state index is 6.32. The van der Waals surface area contributed by atoms with Gasteiger partial charge in [0.05, 0.1) is 21.4 Å². The van der Waals surface area contributed by atoms with Crippen LogP contribution in [-0.2, 0) is 0 Å². The Morgan fingerprint density at radius 3 is 1.42 bits per heavy atom. The van der Waals surface area contributed by atoms with Crippen molar-refractivity contribution in [2.75, 3.05) is 0 Å². The highest BCUT2D eigenvalue weighted by molar-refractivity contribution is 7.72. The van der Waals surface area contributed by atoms with E-state index in [0.29, 0.717) is 19.3 Å². The van der Waals surface area contributed by atoms with Crippen molar-refractivity contribution < 1.29 is 0 Å². The molecule has 4 nitrogen and oxygen atoms in total. The lowest BCUT2D eigenvalue weighted by Crippen LogP contribution is -1.97. The van der Waals surface area contributed by atoms with E-state index < -0.39 is 0 Å². The number of fused-ring (bicyclic) bond motifs is 1. The minimum absolute atomic E-state index is 0.539. The molecule has 0 unspecified atom stereocenters. The third-order valence-electron chi connectivity index (χ3n) is 3.72. The molecule has 0 bridgehead atoms. The monoisotopic (exact) mass is 392 g/mol. The first-order chi connectivity index (χ1) is 11.6. The minimum Gasteiger partial charge on any atom is -0.281 e. The fourth-order valence-corrected chi connectivity index (χ4v) is 3.68. The molecule has 120 valence electrons. The van der Waals surface area contributed by atoms with Gasteiger partial charge in [0.2, 0.25) is 0 Å². The van der Waals surface area contributed by atoms with Crippen molar-refractivity contribution in [2.45, 2.75) is 0 Å². The molecule has 0 amide bonds. The number of benzene rings is 2. The van der Waals surface area contributed by atoms with Gasteiger partial charge in [0.15, 0.2) is 0 Å². The summed E-state index contributed by atoms with van der Waals surface area (Å²) in [5, 5.41) is 7.51. The summed E-state index contributed by atoms with van der Waals surface area (Å²) in [5.74, 6) is 0. The number of aromatic nitrogens is 4. The molecule has 2 aromatic carbocycles. The molecule has 2 heterocycles. The van der Waals surface area contributed by atoms with Crippen LogP contribution >= 0.6 is 47.6 Å². The van der Waals surface area contributed by atoms with Gasteiger partial charge in [-0.1, -0.05) is 71.9 Å². The molecule has 4 rings (SSSR count). The van der Waals surface area contributed by atoms with E-state index in [4.69, 9.17) is 47.6 Å². The van der Waals surface area contributed by atoms with Crippen LogP contribution in [0.2, 0.25) is 10.0 Å². The molecule has 2 N–H and O–H groups in total. The number of hydrogen-bond donors (Lipinski definition) is 2. The molecule has 0 fully saturated rings. The van der Waals surface area contributed by atoms with E-state index in [2.05, 4.69) is 10.2 Å². The number of rotatable bonds is 2. The zero-order valence-corrected chi connectivity index (χ0v) is 15.2. The number of nitrogens with zero attached hydrogens (tertiary/aromatic N) is 2. The summed E-state index contributed by atoms with van der Waals surface area (Å²) in [5.41, 5.74) is 3.05. The third kappa shape index (κ3) is 2.34. The van der Waals surface area contributed by atoms with Gasteiger partial charge in [0.1, 0.15) is 20.3 Å². The molecule has 0 radical (unpaired) electrons. The molecule has 0 saturated heterocycles. The largest absolute Gasteiger partial charge is 0.281 e. The Morgan fingerprint density at radius 1 is 0.667 bits per heavy atom. The Morgan fingerprint density at radius 2 is 1.04 bits per heavy atom. The SMILES string of the molecule is S=c1[nH]n(-c2ccccc2Cl)c2c(=S)[nH]n(-c3ccccc3Cl)c12. The van der Waals surface area contributed by atoms with E-state index in [1.54, 1.807) is 9.36 Å². The van der Waals surface area contributed by atoms with E-state index >= 15 is 0 Å². The predicted octanol–water partition coefficient (Wildman–Crippen LogP) is 5.84. The van der Waals surface area contributed by atoms with E-state index in [1.807, 2.05) is 48.5 Å². The lowest BCUT2D eigenvalue weighted by Gasteiger charge is -2.05. The molecule has 8 heteroatoms. The molecule has 0 aliphatic rings. The average Bonchev–Trinajstić information content (AvgIpc) is 3.08. The highest BCUT2D eigenvalue weighted by Crippen LogP contribution is 2.29. The number of nitrogens with one attached hydrogen (secondary N) is 2. The maximum atomic E-state index is 6.32. The van der Waals surface area contributed by atoms with Crippen LogP contribution in [0.5, 0.6) is 0 Å². The van der Waals surface area contributed by atoms with Crippen molar-refractivity contribution in [1.82, 2.24) is 19.6 Å². The summed E-state index contributed by atoms with van der Waals surface area (Å²) >= 11 is 23.7. The first kappa shape index (κ1) is 15.7. The number of aromatic amines is 2. The average molecular weight is 393 g/mol. The summed E-state index contributed by atoms with van der Waals surface area (Å²) in [7, 11) is 0. The fraction of sp³-hybridized carbons (Fsp3) is 0. The zero-order chi connectivity index (χ0) is 16.8. The third-order valence-corrected chi connectivity index (χ3v) is 4.92. The van der Waals surface area contributed by atoms with Crippen LogP contribution in [0.25, 0.3) is 22.4 Å². The van der Waals surface area contributed by atoms with Gasteiger partial charge in [0, 0.05) is 0 Å². The van der Waals surface area contributed by atoms with E-state index in [1.165, 1.54) is 0 Å². The van der Waals surface area contributed by atoms with Crippen LogP contribution in [0.15, 0.2) is 48.5 Å². The van der Waals surface area contributed by atoms with Crippen LogP contribution in [0.4, 0.5) is 0 Å². The van der Waals surface area contributed by atoms with Gasteiger partial charge in [-0.05, 0) is 24.3 Å². The molecule has 0 saturated carbocycles. The lowest BCUT2D eigenvalue weighted by atomic mass is 10.3. The summed E-state index contributed by atoms with van der Waals surface area (Å²) in [6.45, 7) is 0. The Labute approximate surface area is 157 Å². The van der Waals surface area contributed by atoms with Gasteiger partial charge in [-0.15, -0.1) is 0 Å². The maximum Gasteiger partial charge on any atom is 0.146 e. The van der Waals surface area contributed by atoms with Gasteiger partial charge < -0.3 is 0 Å². The quantitative estimate of drug-likeness (QED) is 0.420. The molecule has 0 atom stereocenters.